The summed E-state index contributed by atoms with van der Waals surface area (Å²) >= 11 is 5.99. The van der Waals surface area contributed by atoms with Crippen molar-refractivity contribution in [3.63, 3.8) is 0 Å². The van der Waals surface area contributed by atoms with Gasteiger partial charge in [0.2, 0.25) is 11.8 Å². The summed E-state index contributed by atoms with van der Waals surface area (Å²) in [5.41, 5.74) is 1.43. The van der Waals surface area contributed by atoms with Crippen molar-refractivity contribution in [2.45, 2.75) is 32.8 Å². The molecule has 41 heavy (non-hydrogen) atoms. The third-order valence-electron chi connectivity index (χ3n) is 6.03. The molecule has 0 radical (unpaired) electrons. The molecule has 1 N–H and O–H groups in total. The molecule has 1 aliphatic rings. The quantitative estimate of drug-likeness (QED) is 0.212. The summed E-state index contributed by atoms with van der Waals surface area (Å²) in [6.45, 7) is 3.18. The van der Waals surface area contributed by atoms with Gasteiger partial charge in [-0.1, -0.05) is 29.8 Å². The molecule has 3 rings (SSSR count). The van der Waals surface area contributed by atoms with E-state index in [1.165, 1.54) is 30.1 Å². The summed E-state index contributed by atoms with van der Waals surface area (Å²) in [4.78, 5) is 32.6. The predicted octanol–water partition coefficient (Wildman–Crippen LogP) is 5.37. The second kappa shape index (κ2) is 14.2. The summed E-state index contributed by atoms with van der Waals surface area (Å²) < 4.78 is 52.9. The van der Waals surface area contributed by atoms with Crippen LogP contribution in [0.2, 0.25) is 5.02 Å². The molecular weight excluding hydrogens is 567 g/mol. The van der Waals surface area contributed by atoms with E-state index in [4.69, 9.17) is 21.1 Å². The highest BCUT2D eigenvalue weighted by molar-refractivity contribution is 6.30. The molecule has 0 saturated carbocycles. The predicted molar refractivity (Wildman–Crippen MR) is 147 cm³/mol. The molecule has 2 unspecified atom stereocenters. The van der Waals surface area contributed by atoms with Crippen molar-refractivity contribution in [1.29, 1.82) is 0 Å². The number of benzene rings is 2. The molecule has 0 aromatic heterocycles. The third kappa shape index (κ3) is 9.12. The maximum absolute atomic E-state index is 12.8. The molecule has 0 spiro atoms. The maximum Gasteiger partial charge on any atom is 0.573 e. The normalized spacial score (nSPS) is 18.5. The zero-order valence-corrected chi connectivity index (χ0v) is 23.5. The van der Waals surface area contributed by atoms with Gasteiger partial charge in [-0.15, -0.1) is 13.2 Å². The Balaban J connectivity index is 1.74. The Morgan fingerprint density at radius 3 is 2.46 bits per heavy atom. The van der Waals surface area contributed by atoms with E-state index in [0.29, 0.717) is 17.0 Å². The van der Waals surface area contributed by atoms with Crippen LogP contribution in [0.1, 0.15) is 25.8 Å². The second-order valence-electron chi connectivity index (χ2n) is 9.20. The molecule has 0 aliphatic carbocycles. The number of hydrogen-bond donors (Lipinski definition) is 1. The van der Waals surface area contributed by atoms with Crippen molar-refractivity contribution in [3.8, 4) is 11.5 Å². The molecule has 1 aliphatic heterocycles. The molecule has 3 amide bonds. The molecule has 1 fully saturated rings. The Hall–Kier alpha value is -3.77. The lowest BCUT2D eigenvalue weighted by atomic mass is 10.0. The highest BCUT2D eigenvalue weighted by Crippen LogP contribution is 2.27. The van der Waals surface area contributed by atoms with E-state index >= 15 is 0 Å². The minimum absolute atomic E-state index is 0.118. The van der Waals surface area contributed by atoms with Gasteiger partial charge in [-0.3, -0.25) is 9.69 Å². The van der Waals surface area contributed by atoms with Gasteiger partial charge in [-0.05, 0) is 49.8 Å². The molecular formula is C28H31ClF3N3O6. The van der Waals surface area contributed by atoms with Gasteiger partial charge in [-0.25, -0.2) is 9.79 Å². The smallest absolute Gasteiger partial charge is 0.493 e. The topological polar surface area (TPSA) is 101 Å². The zero-order chi connectivity index (χ0) is 30.2. The van der Waals surface area contributed by atoms with E-state index in [2.05, 4.69) is 9.73 Å². The van der Waals surface area contributed by atoms with E-state index < -0.39 is 36.1 Å². The third-order valence-corrected chi connectivity index (χ3v) is 6.28. The Morgan fingerprint density at radius 1 is 1.12 bits per heavy atom. The van der Waals surface area contributed by atoms with Crippen molar-refractivity contribution in [2.75, 3.05) is 33.4 Å². The van der Waals surface area contributed by atoms with Crippen molar-refractivity contribution in [3.05, 3.63) is 64.7 Å². The number of hydrogen-bond acceptors (Lipinski definition) is 7. The minimum atomic E-state index is -4.81. The number of aliphatic hydroxyl groups excluding tert-OH is 1. The molecule has 9 nitrogen and oxygen atoms in total. The zero-order valence-electron chi connectivity index (χ0n) is 22.7. The fraction of sp³-hybridized carbons (Fsp3) is 0.393. The number of carbonyl (C=O) groups excluding carboxylic acids is 2. The number of carbonyl (C=O) groups is 2. The van der Waals surface area contributed by atoms with Crippen LogP contribution < -0.4 is 9.47 Å². The van der Waals surface area contributed by atoms with E-state index in [-0.39, 0.29) is 38.0 Å². The van der Waals surface area contributed by atoms with Crippen molar-refractivity contribution in [2.24, 2.45) is 10.9 Å². The number of halogens is 4. The van der Waals surface area contributed by atoms with E-state index in [9.17, 15) is 27.9 Å². The highest BCUT2D eigenvalue weighted by atomic mass is 35.5. The standard InChI is InChI=1S/C28H31ClF3N3O6/c1-18(16-20-8-10-21(29)11-9-20)25(33-24-19(2)26(37)35(12-13-36)27(38)34(24)3)40-15-5-14-39-22-6-4-7-23(17-22)41-28(30,31)32/h4,6-11,16-17,19,24,36H,5,12-15H2,1-3H3/b18-16-,33-25+. The van der Waals surface area contributed by atoms with Crippen LogP contribution in [0.25, 0.3) is 6.08 Å². The van der Waals surface area contributed by atoms with Gasteiger partial charge < -0.3 is 24.2 Å². The molecule has 13 heteroatoms. The van der Waals surface area contributed by atoms with Crippen LogP contribution in [0.3, 0.4) is 0 Å². The van der Waals surface area contributed by atoms with Crippen LogP contribution in [0.4, 0.5) is 18.0 Å². The van der Waals surface area contributed by atoms with Gasteiger partial charge in [-0.2, -0.15) is 0 Å². The largest absolute Gasteiger partial charge is 0.573 e. The average Bonchev–Trinajstić information content (AvgIpc) is 2.91. The van der Waals surface area contributed by atoms with Gasteiger partial charge in [0.1, 0.15) is 17.7 Å². The number of ether oxygens (including phenoxy) is 3. The molecule has 222 valence electrons. The molecule has 2 aromatic carbocycles. The summed E-state index contributed by atoms with van der Waals surface area (Å²) in [5, 5.41) is 9.82. The summed E-state index contributed by atoms with van der Waals surface area (Å²) in [7, 11) is 1.52. The van der Waals surface area contributed by atoms with Crippen molar-refractivity contribution >= 4 is 35.5 Å². The van der Waals surface area contributed by atoms with Gasteiger partial charge in [0.25, 0.3) is 0 Å². The average molecular weight is 598 g/mol. The van der Waals surface area contributed by atoms with E-state index in [0.717, 1.165) is 16.5 Å². The van der Waals surface area contributed by atoms with Crippen LogP contribution in [0.15, 0.2) is 59.1 Å². The minimum Gasteiger partial charge on any atom is -0.493 e. The van der Waals surface area contributed by atoms with Crippen LogP contribution in [0, 0.1) is 5.92 Å². The SMILES string of the molecule is CC(=C/c1ccc(Cl)cc1)/C(=N\C1C(C)C(=O)N(CCO)C(=O)N1C)OCCCOc1cccc(OC(F)(F)F)c1. The van der Waals surface area contributed by atoms with Crippen LogP contribution in [-0.2, 0) is 9.53 Å². The van der Waals surface area contributed by atoms with Crippen LogP contribution in [-0.4, -0.2) is 78.7 Å². The lowest BCUT2D eigenvalue weighted by Crippen LogP contribution is -2.59. The van der Waals surface area contributed by atoms with Crippen molar-refractivity contribution < 1.29 is 42.1 Å². The first-order valence-electron chi connectivity index (χ1n) is 12.7. The number of alkyl halides is 3. The lowest BCUT2D eigenvalue weighted by molar-refractivity contribution is -0.274. The first kappa shape index (κ1) is 31.8. The van der Waals surface area contributed by atoms with Gasteiger partial charge in [0, 0.05) is 30.1 Å². The number of urea groups is 1. The number of rotatable bonds is 11. The van der Waals surface area contributed by atoms with E-state index in [1.54, 1.807) is 26.0 Å². The number of β-amino-alcohol motifs (C(OH)–C–C–N with tert-alkyl or cyclic N) is 1. The highest BCUT2D eigenvalue weighted by Gasteiger charge is 2.42. The number of aliphatic imine (C=N–C) groups is 1. The molecule has 1 heterocycles. The Morgan fingerprint density at radius 2 is 1.80 bits per heavy atom. The first-order chi connectivity index (χ1) is 19.4. The molecule has 2 atom stereocenters. The maximum atomic E-state index is 12.8. The van der Waals surface area contributed by atoms with E-state index in [1.807, 2.05) is 18.2 Å². The second-order valence-corrected chi connectivity index (χ2v) is 9.63. The lowest BCUT2D eigenvalue weighted by Gasteiger charge is -2.39. The number of nitrogens with zero attached hydrogens (tertiary/aromatic N) is 3. The fourth-order valence-electron chi connectivity index (χ4n) is 4.03. The first-order valence-corrected chi connectivity index (χ1v) is 13.1. The number of aliphatic hydroxyl groups is 1. The number of amides is 3. The summed E-state index contributed by atoms with van der Waals surface area (Å²) in [6, 6.07) is 11.7. The van der Waals surface area contributed by atoms with Crippen LogP contribution >= 0.6 is 11.6 Å². The summed E-state index contributed by atoms with van der Waals surface area (Å²) in [6.07, 6.45) is -3.51. The van der Waals surface area contributed by atoms with Crippen molar-refractivity contribution in [1.82, 2.24) is 9.80 Å². The summed E-state index contributed by atoms with van der Waals surface area (Å²) in [5.74, 6) is -1.17. The van der Waals surface area contributed by atoms with Gasteiger partial charge in [0.15, 0.2) is 0 Å². The Labute approximate surface area is 240 Å². The fourth-order valence-corrected chi connectivity index (χ4v) is 4.16. The van der Waals surface area contributed by atoms with Gasteiger partial charge >= 0.3 is 12.4 Å². The molecule has 1 saturated heterocycles. The monoisotopic (exact) mass is 597 g/mol. The number of imide groups is 1. The van der Waals surface area contributed by atoms with Crippen LogP contribution in [0.5, 0.6) is 11.5 Å². The molecule has 0 bridgehead atoms. The Bertz CT molecular complexity index is 1250. The molecule has 2 aromatic rings. The van der Waals surface area contributed by atoms with Gasteiger partial charge in [0.05, 0.1) is 32.3 Å². The Kier molecular flexibility index (Phi) is 11.0.